The van der Waals surface area contributed by atoms with E-state index < -0.39 is 12.0 Å². The van der Waals surface area contributed by atoms with Crippen LogP contribution in [0.5, 0.6) is 5.75 Å². The van der Waals surface area contributed by atoms with Crippen LogP contribution in [0.1, 0.15) is 12.0 Å². The Labute approximate surface area is 95.3 Å². The lowest BCUT2D eigenvalue weighted by molar-refractivity contribution is -0.142. The van der Waals surface area contributed by atoms with Crippen molar-refractivity contribution >= 4 is 5.97 Å². The van der Waals surface area contributed by atoms with Crippen LogP contribution >= 0.6 is 0 Å². The number of methoxy groups -OCH3 is 1. The molecule has 0 heterocycles. The Hall–Kier alpha value is -1.55. The first-order valence-corrected chi connectivity index (χ1v) is 5.16. The lowest BCUT2D eigenvalue weighted by atomic mass is 10.2. The smallest absolute Gasteiger partial charge is 0.322 e. The number of hydrogen-bond acceptors (Lipinski definition) is 4. The van der Waals surface area contributed by atoms with Crippen molar-refractivity contribution in [2.24, 2.45) is 5.73 Å². The van der Waals surface area contributed by atoms with Crippen molar-refractivity contribution in [2.75, 3.05) is 13.7 Å². The minimum Gasteiger partial charge on any atom is -0.494 e. The Balaban J connectivity index is 2.33. The van der Waals surface area contributed by atoms with Crippen molar-refractivity contribution in [2.45, 2.75) is 19.4 Å². The van der Waals surface area contributed by atoms with Crippen LogP contribution in [-0.2, 0) is 9.53 Å². The van der Waals surface area contributed by atoms with Gasteiger partial charge in [0.2, 0.25) is 0 Å². The van der Waals surface area contributed by atoms with Crippen molar-refractivity contribution in [1.29, 1.82) is 0 Å². The number of rotatable bonds is 5. The summed E-state index contributed by atoms with van der Waals surface area (Å²) in [5.41, 5.74) is 6.70. The van der Waals surface area contributed by atoms with Crippen LogP contribution in [0, 0.1) is 6.92 Å². The van der Waals surface area contributed by atoms with Crippen molar-refractivity contribution in [3.05, 3.63) is 29.8 Å². The predicted molar refractivity (Wildman–Crippen MR) is 61.3 cm³/mol. The average Bonchev–Trinajstić information content (AvgIpc) is 2.28. The van der Waals surface area contributed by atoms with Crippen LogP contribution in [0.4, 0.5) is 0 Å². The summed E-state index contributed by atoms with van der Waals surface area (Å²) in [7, 11) is 1.32. The standard InChI is InChI=1S/C12H17NO3/c1-9-4-3-5-10(8-9)16-7-6-11(13)12(14)15-2/h3-5,8,11H,6-7,13H2,1-2H3. The molecule has 0 spiro atoms. The van der Waals surface area contributed by atoms with E-state index >= 15 is 0 Å². The van der Waals surface area contributed by atoms with E-state index in [4.69, 9.17) is 10.5 Å². The van der Waals surface area contributed by atoms with E-state index in [0.29, 0.717) is 13.0 Å². The maximum Gasteiger partial charge on any atom is 0.322 e. The molecule has 0 aliphatic heterocycles. The fourth-order valence-electron chi connectivity index (χ4n) is 1.28. The molecule has 16 heavy (non-hydrogen) atoms. The molecule has 0 aliphatic rings. The Bertz CT molecular complexity index is 352. The van der Waals surface area contributed by atoms with Crippen LogP contribution in [0.2, 0.25) is 0 Å². The van der Waals surface area contributed by atoms with E-state index in [0.717, 1.165) is 11.3 Å². The normalized spacial score (nSPS) is 11.9. The number of hydrogen-bond donors (Lipinski definition) is 1. The second kappa shape index (κ2) is 6.12. The molecule has 0 aromatic heterocycles. The second-order valence-corrected chi connectivity index (χ2v) is 3.58. The summed E-state index contributed by atoms with van der Waals surface area (Å²) in [6, 6.07) is 7.10. The van der Waals surface area contributed by atoms with Gasteiger partial charge in [0, 0.05) is 6.42 Å². The molecular formula is C12H17NO3. The van der Waals surface area contributed by atoms with E-state index in [-0.39, 0.29) is 0 Å². The summed E-state index contributed by atoms with van der Waals surface area (Å²) in [4.78, 5) is 11.0. The highest BCUT2D eigenvalue weighted by Gasteiger charge is 2.13. The van der Waals surface area contributed by atoms with E-state index in [1.165, 1.54) is 7.11 Å². The van der Waals surface area contributed by atoms with Gasteiger partial charge in [-0.2, -0.15) is 0 Å². The number of carbonyl (C=O) groups excluding carboxylic acids is 1. The molecule has 1 unspecified atom stereocenters. The molecule has 0 saturated heterocycles. The quantitative estimate of drug-likeness (QED) is 0.763. The zero-order valence-electron chi connectivity index (χ0n) is 9.60. The summed E-state index contributed by atoms with van der Waals surface area (Å²) < 4.78 is 9.98. The van der Waals surface area contributed by atoms with Crippen LogP contribution in [0.25, 0.3) is 0 Å². The molecule has 1 aromatic carbocycles. The maximum atomic E-state index is 11.0. The van der Waals surface area contributed by atoms with Gasteiger partial charge in [0.05, 0.1) is 13.7 Å². The third-order valence-corrected chi connectivity index (χ3v) is 2.19. The molecule has 0 amide bonds. The number of nitrogens with two attached hydrogens (primary N) is 1. The number of benzene rings is 1. The minimum absolute atomic E-state index is 0.403. The fourth-order valence-corrected chi connectivity index (χ4v) is 1.28. The maximum absolute atomic E-state index is 11.0. The van der Waals surface area contributed by atoms with E-state index in [1.807, 2.05) is 31.2 Å². The van der Waals surface area contributed by atoms with Gasteiger partial charge < -0.3 is 15.2 Å². The van der Waals surface area contributed by atoms with Crippen LogP contribution in [0.15, 0.2) is 24.3 Å². The molecule has 1 atom stereocenters. The zero-order chi connectivity index (χ0) is 12.0. The molecule has 1 aromatic rings. The van der Waals surface area contributed by atoms with Crippen LogP contribution < -0.4 is 10.5 Å². The van der Waals surface area contributed by atoms with Gasteiger partial charge in [0.25, 0.3) is 0 Å². The molecular weight excluding hydrogens is 206 g/mol. The highest BCUT2D eigenvalue weighted by atomic mass is 16.5. The lowest BCUT2D eigenvalue weighted by Gasteiger charge is -2.10. The van der Waals surface area contributed by atoms with Gasteiger partial charge >= 0.3 is 5.97 Å². The fraction of sp³-hybridized carbons (Fsp3) is 0.417. The minimum atomic E-state index is -0.616. The molecule has 88 valence electrons. The molecule has 0 aliphatic carbocycles. The van der Waals surface area contributed by atoms with Gasteiger partial charge in [-0.15, -0.1) is 0 Å². The topological polar surface area (TPSA) is 61.5 Å². The number of ether oxygens (including phenoxy) is 2. The SMILES string of the molecule is COC(=O)C(N)CCOc1cccc(C)c1. The van der Waals surface area contributed by atoms with E-state index in [2.05, 4.69) is 4.74 Å². The van der Waals surface area contributed by atoms with Crippen molar-refractivity contribution in [3.8, 4) is 5.75 Å². The molecule has 1 rings (SSSR count). The van der Waals surface area contributed by atoms with Crippen molar-refractivity contribution < 1.29 is 14.3 Å². The molecule has 0 radical (unpaired) electrons. The predicted octanol–water partition coefficient (Wildman–Crippen LogP) is 1.26. The van der Waals surface area contributed by atoms with Crippen molar-refractivity contribution in [3.63, 3.8) is 0 Å². The summed E-state index contributed by atoms with van der Waals surface area (Å²) in [5, 5.41) is 0. The highest BCUT2D eigenvalue weighted by molar-refractivity contribution is 5.75. The zero-order valence-corrected chi connectivity index (χ0v) is 9.60. The largest absolute Gasteiger partial charge is 0.494 e. The van der Waals surface area contributed by atoms with Gasteiger partial charge in [0.1, 0.15) is 11.8 Å². The molecule has 0 saturated carbocycles. The van der Waals surface area contributed by atoms with Crippen molar-refractivity contribution in [1.82, 2.24) is 0 Å². The van der Waals surface area contributed by atoms with Crippen LogP contribution in [-0.4, -0.2) is 25.7 Å². The summed E-state index contributed by atoms with van der Waals surface area (Å²) in [6.45, 7) is 2.40. The molecule has 4 nitrogen and oxygen atoms in total. The Morgan fingerprint density at radius 3 is 2.88 bits per heavy atom. The molecule has 4 heteroatoms. The van der Waals surface area contributed by atoms with E-state index in [1.54, 1.807) is 0 Å². The Morgan fingerprint density at radius 2 is 2.25 bits per heavy atom. The van der Waals surface area contributed by atoms with Gasteiger partial charge in [-0.05, 0) is 24.6 Å². The Morgan fingerprint density at radius 1 is 1.50 bits per heavy atom. The molecule has 0 fully saturated rings. The Kier molecular flexibility index (Phi) is 4.79. The first-order chi connectivity index (χ1) is 7.63. The monoisotopic (exact) mass is 223 g/mol. The summed E-state index contributed by atoms with van der Waals surface area (Å²) in [5.74, 6) is 0.380. The molecule has 2 N–H and O–H groups in total. The summed E-state index contributed by atoms with van der Waals surface area (Å²) in [6.07, 6.45) is 0.445. The molecule has 0 bridgehead atoms. The van der Waals surface area contributed by atoms with E-state index in [9.17, 15) is 4.79 Å². The number of aryl methyl sites for hydroxylation is 1. The highest BCUT2D eigenvalue weighted by Crippen LogP contribution is 2.12. The first-order valence-electron chi connectivity index (χ1n) is 5.16. The number of esters is 1. The lowest BCUT2D eigenvalue weighted by Crippen LogP contribution is -2.33. The second-order valence-electron chi connectivity index (χ2n) is 3.58. The van der Waals surface area contributed by atoms with Gasteiger partial charge in [-0.1, -0.05) is 12.1 Å². The average molecular weight is 223 g/mol. The first kappa shape index (κ1) is 12.5. The third kappa shape index (κ3) is 3.90. The van der Waals surface area contributed by atoms with Gasteiger partial charge in [-0.25, -0.2) is 0 Å². The third-order valence-electron chi connectivity index (χ3n) is 2.19. The summed E-state index contributed by atoms with van der Waals surface area (Å²) >= 11 is 0. The number of carbonyl (C=O) groups is 1. The van der Waals surface area contributed by atoms with Gasteiger partial charge in [0.15, 0.2) is 0 Å². The van der Waals surface area contributed by atoms with Gasteiger partial charge in [-0.3, -0.25) is 4.79 Å². The van der Waals surface area contributed by atoms with Crippen LogP contribution in [0.3, 0.4) is 0 Å².